The van der Waals surface area contributed by atoms with E-state index in [4.69, 9.17) is 4.74 Å². The fourth-order valence-corrected chi connectivity index (χ4v) is 2.00. The van der Waals surface area contributed by atoms with Crippen LogP contribution in [-0.4, -0.2) is 10.9 Å². The van der Waals surface area contributed by atoms with Crippen molar-refractivity contribution in [1.82, 2.24) is 0 Å². The van der Waals surface area contributed by atoms with Crippen molar-refractivity contribution in [3.05, 3.63) is 59.2 Å². The summed E-state index contributed by atoms with van der Waals surface area (Å²) in [5.41, 5.74) is 2.66. The summed E-state index contributed by atoms with van der Waals surface area (Å²) < 4.78 is 5.64. The van der Waals surface area contributed by atoms with Gasteiger partial charge in [-0.3, -0.25) is 4.79 Å². The van der Waals surface area contributed by atoms with E-state index in [-0.39, 0.29) is 11.5 Å². The Morgan fingerprint density at radius 1 is 1.15 bits per heavy atom. The van der Waals surface area contributed by atoms with Gasteiger partial charge in [-0.15, -0.1) is 0 Å². The van der Waals surface area contributed by atoms with Gasteiger partial charge in [-0.1, -0.05) is 31.2 Å². The molecule has 0 amide bonds. The van der Waals surface area contributed by atoms with E-state index >= 15 is 0 Å². The number of Topliss-reactive ketones (excluding diaryl/α,β-unsaturated/α-hetero) is 1. The number of hydrogen-bond donors (Lipinski definition) is 1. The van der Waals surface area contributed by atoms with Crippen molar-refractivity contribution in [1.29, 1.82) is 0 Å². The number of phenolic OH excluding ortho intramolecular Hbond substituents is 1. The van der Waals surface area contributed by atoms with E-state index in [1.165, 1.54) is 18.6 Å². The highest BCUT2D eigenvalue weighted by Crippen LogP contribution is 2.24. The van der Waals surface area contributed by atoms with E-state index in [0.717, 1.165) is 12.0 Å². The first-order valence-electron chi connectivity index (χ1n) is 6.64. The van der Waals surface area contributed by atoms with Crippen molar-refractivity contribution in [3.63, 3.8) is 0 Å². The lowest BCUT2D eigenvalue weighted by Gasteiger charge is -2.09. The maximum Gasteiger partial charge on any atom is 0.163 e. The number of benzene rings is 2. The summed E-state index contributed by atoms with van der Waals surface area (Å²) >= 11 is 0. The molecule has 2 aromatic carbocycles. The van der Waals surface area contributed by atoms with Crippen LogP contribution in [0, 0.1) is 0 Å². The van der Waals surface area contributed by atoms with E-state index in [9.17, 15) is 9.90 Å². The second-order valence-corrected chi connectivity index (χ2v) is 4.70. The molecule has 2 rings (SSSR count). The highest BCUT2D eigenvalue weighted by atomic mass is 16.5. The third kappa shape index (κ3) is 3.38. The van der Waals surface area contributed by atoms with Crippen LogP contribution in [0.1, 0.15) is 35.3 Å². The highest BCUT2D eigenvalue weighted by molar-refractivity contribution is 5.96. The van der Waals surface area contributed by atoms with E-state index in [2.05, 4.69) is 19.1 Å². The van der Waals surface area contributed by atoms with Crippen LogP contribution in [0.4, 0.5) is 0 Å². The Hall–Kier alpha value is -2.29. The molecular weight excluding hydrogens is 252 g/mol. The van der Waals surface area contributed by atoms with Gasteiger partial charge in [-0.2, -0.15) is 0 Å². The zero-order valence-electron chi connectivity index (χ0n) is 11.7. The summed E-state index contributed by atoms with van der Waals surface area (Å²) in [6.07, 6.45) is 0.988. The summed E-state index contributed by atoms with van der Waals surface area (Å²) in [6, 6.07) is 12.9. The van der Waals surface area contributed by atoms with Crippen LogP contribution in [0.2, 0.25) is 0 Å². The Bertz CT molecular complexity index is 617. The van der Waals surface area contributed by atoms with Gasteiger partial charge in [0.25, 0.3) is 0 Å². The number of ether oxygens (including phenoxy) is 1. The average molecular weight is 270 g/mol. The maximum atomic E-state index is 11.2. The van der Waals surface area contributed by atoms with Crippen LogP contribution in [0.25, 0.3) is 0 Å². The summed E-state index contributed by atoms with van der Waals surface area (Å²) in [4.78, 5) is 11.2. The van der Waals surface area contributed by atoms with Crippen molar-refractivity contribution in [2.45, 2.75) is 26.9 Å². The predicted octanol–water partition coefficient (Wildman–Crippen LogP) is 3.74. The average Bonchev–Trinajstić information content (AvgIpc) is 2.45. The first-order valence-corrected chi connectivity index (χ1v) is 6.64. The summed E-state index contributed by atoms with van der Waals surface area (Å²) in [5.74, 6) is 0.344. The fourth-order valence-electron chi connectivity index (χ4n) is 2.00. The highest BCUT2D eigenvalue weighted by Gasteiger charge is 2.07. The van der Waals surface area contributed by atoms with Gasteiger partial charge in [0.05, 0.1) is 5.56 Å². The Labute approximate surface area is 118 Å². The zero-order chi connectivity index (χ0) is 14.5. The van der Waals surface area contributed by atoms with Crippen molar-refractivity contribution in [2.24, 2.45) is 0 Å². The molecule has 0 fully saturated rings. The molecule has 0 heterocycles. The molecule has 3 heteroatoms. The van der Waals surface area contributed by atoms with Gasteiger partial charge in [-0.05, 0) is 36.6 Å². The summed E-state index contributed by atoms with van der Waals surface area (Å²) in [6.45, 7) is 3.97. The third-order valence-electron chi connectivity index (χ3n) is 3.15. The van der Waals surface area contributed by atoms with Crippen LogP contribution in [0.3, 0.4) is 0 Å². The second kappa shape index (κ2) is 6.24. The molecule has 0 bridgehead atoms. The number of aromatic hydroxyl groups is 1. The molecule has 104 valence electrons. The van der Waals surface area contributed by atoms with Gasteiger partial charge < -0.3 is 9.84 Å². The second-order valence-electron chi connectivity index (χ2n) is 4.70. The van der Waals surface area contributed by atoms with Crippen molar-refractivity contribution in [3.8, 4) is 11.5 Å². The number of carbonyl (C=O) groups is 1. The lowest BCUT2D eigenvalue weighted by molar-refractivity contribution is 0.101. The zero-order valence-corrected chi connectivity index (χ0v) is 11.7. The molecule has 0 saturated carbocycles. The molecule has 0 aromatic heterocycles. The molecule has 1 N–H and O–H groups in total. The standard InChI is InChI=1S/C17H18O3/c1-3-13-5-4-6-14(9-13)11-20-15-7-8-16(12(2)18)17(19)10-15/h4-10,19H,3,11H2,1-2H3. The van der Waals surface area contributed by atoms with Gasteiger partial charge in [0, 0.05) is 6.07 Å². The molecule has 0 aliphatic rings. The Kier molecular flexibility index (Phi) is 4.41. The quantitative estimate of drug-likeness (QED) is 0.842. The van der Waals surface area contributed by atoms with Crippen LogP contribution >= 0.6 is 0 Å². The van der Waals surface area contributed by atoms with E-state index in [0.29, 0.717) is 17.9 Å². The van der Waals surface area contributed by atoms with Crippen LogP contribution in [-0.2, 0) is 13.0 Å². The van der Waals surface area contributed by atoms with Gasteiger partial charge in [-0.25, -0.2) is 0 Å². The molecule has 0 radical (unpaired) electrons. The molecule has 0 aliphatic heterocycles. The number of phenols is 1. The van der Waals surface area contributed by atoms with Crippen LogP contribution in [0.5, 0.6) is 11.5 Å². The first kappa shape index (κ1) is 14.1. The number of hydrogen-bond acceptors (Lipinski definition) is 3. The molecule has 2 aromatic rings. The number of ketones is 1. The molecule has 3 nitrogen and oxygen atoms in total. The first-order chi connectivity index (χ1) is 9.60. The molecule has 20 heavy (non-hydrogen) atoms. The van der Waals surface area contributed by atoms with E-state index in [1.54, 1.807) is 12.1 Å². The SMILES string of the molecule is CCc1cccc(COc2ccc(C(C)=O)c(O)c2)c1. The Morgan fingerprint density at radius 2 is 1.90 bits per heavy atom. The Morgan fingerprint density at radius 3 is 2.55 bits per heavy atom. The molecular formula is C17H18O3. The summed E-state index contributed by atoms with van der Waals surface area (Å²) in [5, 5.41) is 9.74. The number of rotatable bonds is 5. The molecule has 0 saturated heterocycles. The van der Waals surface area contributed by atoms with E-state index < -0.39 is 0 Å². The van der Waals surface area contributed by atoms with Gasteiger partial charge >= 0.3 is 0 Å². The summed E-state index contributed by atoms with van der Waals surface area (Å²) in [7, 11) is 0. The monoisotopic (exact) mass is 270 g/mol. The van der Waals surface area contributed by atoms with Crippen molar-refractivity contribution >= 4 is 5.78 Å². The number of carbonyl (C=O) groups excluding carboxylic acids is 1. The maximum absolute atomic E-state index is 11.2. The van der Waals surface area contributed by atoms with Crippen LogP contribution < -0.4 is 4.74 Å². The largest absolute Gasteiger partial charge is 0.507 e. The van der Waals surface area contributed by atoms with Gasteiger partial charge in [0.1, 0.15) is 18.1 Å². The normalized spacial score (nSPS) is 10.3. The van der Waals surface area contributed by atoms with Crippen molar-refractivity contribution < 1.29 is 14.6 Å². The van der Waals surface area contributed by atoms with E-state index in [1.807, 2.05) is 12.1 Å². The lowest BCUT2D eigenvalue weighted by atomic mass is 10.1. The predicted molar refractivity (Wildman–Crippen MR) is 78.3 cm³/mol. The third-order valence-corrected chi connectivity index (χ3v) is 3.15. The molecule has 0 unspecified atom stereocenters. The van der Waals surface area contributed by atoms with Gasteiger partial charge in [0.2, 0.25) is 0 Å². The number of aryl methyl sites for hydroxylation is 1. The van der Waals surface area contributed by atoms with Gasteiger partial charge in [0.15, 0.2) is 5.78 Å². The lowest BCUT2D eigenvalue weighted by Crippen LogP contribution is -1.98. The fraction of sp³-hybridized carbons (Fsp3) is 0.235. The smallest absolute Gasteiger partial charge is 0.163 e. The topological polar surface area (TPSA) is 46.5 Å². The minimum Gasteiger partial charge on any atom is -0.507 e. The minimum atomic E-state index is -0.162. The molecule has 0 spiro atoms. The van der Waals surface area contributed by atoms with Crippen molar-refractivity contribution in [2.75, 3.05) is 0 Å². The van der Waals surface area contributed by atoms with Crippen LogP contribution in [0.15, 0.2) is 42.5 Å². The Balaban J connectivity index is 2.07. The molecule has 0 aliphatic carbocycles. The molecule has 0 atom stereocenters. The minimum absolute atomic E-state index is 0.0442.